The fourth-order valence-electron chi connectivity index (χ4n) is 3.70. The van der Waals surface area contributed by atoms with Crippen LogP contribution >= 0.6 is 11.6 Å². The second-order valence-corrected chi connectivity index (χ2v) is 12.2. The lowest BCUT2D eigenvalue weighted by molar-refractivity contribution is -0.121. The average Bonchev–Trinajstić information content (AvgIpc) is 3.32. The molecule has 1 amide bonds. The fraction of sp³-hybridized carbons (Fsp3) is 0.409. The maximum Gasteiger partial charge on any atom is 0.243 e. The Morgan fingerprint density at radius 1 is 1.12 bits per heavy atom. The maximum atomic E-state index is 12.6. The molecule has 2 aromatic carbocycles. The number of nitrogens with one attached hydrogen (secondary N) is 1. The third kappa shape index (κ3) is 6.41. The molecule has 3 rings (SSSR count). The number of halogens is 1. The minimum absolute atomic E-state index is 0.118. The molecule has 1 aliphatic rings. The number of sulfonamides is 2. The minimum atomic E-state index is -3.74. The zero-order valence-corrected chi connectivity index (χ0v) is 21.4. The third-order valence-corrected chi connectivity index (χ3v) is 8.74. The molecule has 0 spiro atoms. The number of ether oxygens (including phenoxy) is 1. The summed E-state index contributed by atoms with van der Waals surface area (Å²) in [6, 6.07) is 11.4. The quantitative estimate of drug-likeness (QED) is 0.473. The van der Waals surface area contributed by atoms with Crippen LogP contribution < -0.4 is 14.4 Å². The standard InChI is InChI=1S/C22H28ClN3O6S2/c1-17(26(33(2,28)29)19-7-5-6-18(23)16-19)22(27)24-12-15-32-20-8-10-21(11-9-20)34(30,31)25-13-3-4-14-25/h5-11,16-17H,3-4,12-15H2,1-2H3,(H,24,27)/t17-/m1/s1. The number of amides is 1. The lowest BCUT2D eigenvalue weighted by Gasteiger charge is -2.28. The number of carbonyl (C=O) groups is 1. The average molecular weight is 530 g/mol. The molecule has 12 heteroatoms. The minimum Gasteiger partial charge on any atom is -0.492 e. The van der Waals surface area contributed by atoms with Gasteiger partial charge in [-0.25, -0.2) is 16.8 Å². The molecule has 0 unspecified atom stereocenters. The van der Waals surface area contributed by atoms with Crippen LogP contribution in [0.1, 0.15) is 19.8 Å². The van der Waals surface area contributed by atoms with E-state index in [4.69, 9.17) is 16.3 Å². The van der Waals surface area contributed by atoms with Crippen LogP contribution in [0, 0.1) is 0 Å². The first kappa shape index (κ1) is 26.3. The van der Waals surface area contributed by atoms with Gasteiger partial charge >= 0.3 is 0 Å². The van der Waals surface area contributed by atoms with Crippen molar-refractivity contribution < 1.29 is 26.4 Å². The van der Waals surface area contributed by atoms with Crippen LogP contribution in [0.3, 0.4) is 0 Å². The van der Waals surface area contributed by atoms with E-state index in [-0.39, 0.29) is 23.7 Å². The normalized spacial score (nSPS) is 15.6. The molecule has 0 bridgehead atoms. The molecule has 0 aliphatic carbocycles. The molecule has 1 fully saturated rings. The number of hydrogen-bond acceptors (Lipinski definition) is 6. The van der Waals surface area contributed by atoms with Crippen LogP contribution in [-0.2, 0) is 24.8 Å². The molecule has 1 heterocycles. The van der Waals surface area contributed by atoms with Gasteiger partial charge in [0.2, 0.25) is 26.0 Å². The summed E-state index contributed by atoms with van der Waals surface area (Å²) in [4.78, 5) is 12.8. The molecule has 186 valence electrons. The van der Waals surface area contributed by atoms with E-state index >= 15 is 0 Å². The van der Waals surface area contributed by atoms with Gasteiger partial charge in [0, 0.05) is 18.1 Å². The Morgan fingerprint density at radius 3 is 2.35 bits per heavy atom. The summed E-state index contributed by atoms with van der Waals surface area (Å²) >= 11 is 5.98. The van der Waals surface area contributed by atoms with Crippen LogP contribution in [0.15, 0.2) is 53.4 Å². The van der Waals surface area contributed by atoms with E-state index in [0.717, 1.165) is 23.4 Å². The summed E-state index contributed by atoms with van der Waals surface area (Å²) in [5.41, 5.74) is 0.290. The summed E-state index contributed by atoms with van der Waals surface area (Å²) in [5.74, 6) is -0.0413. The summed E-state index contributed by atoms with van der Waals surface area (Å²) in [7, 11) is -7.23. The Kier molecular flexibility index (Phi) is 8.45. The van der Waals surface area contributed by atoms with E-state index in [1.165, 1.54) is 29.4 Å². The van der Waals surface area contributed by atoms with Crippen LogP contribution in [-0.4, -0.2) is 65.6 Å². The summed E-state index contributed by atoms with van der Waals surface area (Å²) < 4.78 is 57.9. The second kappa shape index (κ2) is 10.9. The lowest BCUT2D eigenvalue weighted by Crippen LogP contribution is -2.48. The monoisotopic (exact) mass is 529 g/mol. The van der Waals surface area contributed by atoms with Crippen molar-refractivity contribution >= 4 is 43.2 Å². The van der Waals surface area contributed by atoms with Gasteiger partial charge in [-0.15, -0.1) is 0 Å². The van der Waals surface area contributed by atoms with Gasteiger partial charge in [0.05, 0.1) is 23.4 Å². The van der Waals surface area contributed by atoms with Gasteiger partial charge < -0.3 is 10.1 Å². The van der Waals surface area contributed by atoms with Crippen LogP contribution in [0.5, 0.6) is 5.75 Å². The molecule has 1 atom stereocenters. The Morgan fingerprint density at radius 2 is 1.76 bits per heavy atom. The van der Waals surface area contributed by atoms with E-state index in [9.17, 15) is 21.6 Å². The fourth-order valence-corrected chi connectivity index (χ4v) is 6.57. The van der Waals surface area contributed by atoms with Gasteiger partial charge in [0.15, 0.2) is 0 Å². The number of rotatable bonds is 10. The number of hydrogen-bond donors (Lipinski definition) is 1. The molecule has 9 nitrogen and oxygen atoms in total. The predicted molar refractivity (Wildman–Crippen MR) is 131 cm³/mol. The van der Waals surface area contributed by atoms with Crippen LogP contribution in [0.2, 0.25) is 5.02 Å². The highest BCUT2D eigenvalue weighted by atomic mass is 35.5. The van der Waals surface area contributed by atoms with Crippen LogP contribution in [0.25, 0.3) is 0 Å². The molecular formula is C22H28ClN3O6S2. The van der Waals surface area contributed by atoms with Gasteiger partial charge in [-0.2, -0.15) is 4.31 Å². The molecule has 34 heavy (non-hydrogen) atoms. The van der Waals surface area contributed by atoms with E-state index in [0.29, 0.717) is 23.9 Å². The highest BCUT2D eigenvalue weighted by molar-refractivity contribution is 7.92. The first-order valence-corrected chi connectivity index (χ1v) is 14.4. The SMILES string of the molecule is C[C@H](C(=O)NCCOc1ccc(S(=O)(=O)N2CCCC2)cc1)N(c1cccc(Cl)c1)S(C)(=O)=O. The zero-order chi connectivity index (χ0) is 24.9. The van der Waals surface area contributed by atoms with Crippen LogP contribution in [0.4, 0.5) is 5.69 Å². The van der Waals surface area contributed by atoms with Gasteiger partial charge in [-0.3, -0.25) is 9.10 Å². The summed E-state index contributed by atoms with van der Waals surface area (Å²) in [6.45, 7) is 2.80. The van der Waals surface area contributed by atoms with E-state index in [2.05, 4.69) is 5.32 Å². The van der Waals surface area contributed by atoms with Crippen molar-refractivity contribution in [2.45, 2.75) is 30.7 Å². The number of benzene rings is 2. The third-order valence-electron chi connectivity index (χ3n) is 5.35. The van der Waals surface area contributed by atoms with Crippen molar-refractivity contribution in [3.63, 3.8) is 0 Å². The maximum absolute atomic E-state index is 12.6. The topological polar surface area (TPSA) is 113 Å². The van der Waals surface area contributed by atoms with Crippen molar-refractivity contribution in [3.05, 3.63) is 53.6 Å². The van der Waals surface area contributed by atoms with E-state index < -0.39 is 32.0 Å². The summed E-state index contributed by atoms with van der Waals surface area (Å²) in [6.07, 6.45) is 2.76. The molecular weight excluding hydrogens is 502 g/mol. The highest BCUT2D eigenvalue weighted by Crippen LogP contribution is 2.25. The lowest BCUT2D eigenvalue weighted by atomic mass is 10.2. The molecule has 1 saturated heterocycles. The van der Waals surface area contributed by atoms with Gasteiger partial charge in [-0.05, 0) is 62.2 Å². The van der Waals surface area contributed by atoms with Gasteiger partial charge in [-0.1, -0.05) is 17.7 Å². The van der Waals surface area contributed by atoms with Crippen molar-refractivity contribution in [2.24, 2.45) is 0 Å². The molecule has 0 aromatic heterocycles. The van der Waals surface area contributed by atoms with Crippen molar-refractivity contribution in [1.29, 1.82) is 0 Å². The van der Waals surface area contributed by atoms with Crippen molar-refractivity contribution in [1.82, 2.24) is 9.62 Å². The molecule has 0 saturated carbocycles. The Balaban J connectivity index is 1.54. The molecule has 0 radical (unpaired) electrons. The molecule has 1 N–H and O–H groups in total. The van der Waals surface area contributed by atoms with Gasteiger partial charge in [0.25, 0.3) is 0 Å². The second-order valence-electron chi connectivity index (χ2n) is 7.94. The molecule has 1 aliphatic heterocycles. The van der Waals surface area contributed by atoms with Gasteiger partial charge in [0.1, 0.15) is 18.4 Å². The zero-order valence-electron chi connectivity index (χ0n) is 19.0. The smallest absolute Gasteiger partial charge is 0.243 e. The number of nitrogens with zero attached hydrogens (tertiary/aromatic N) is 2. The van der Waals surface area contributed by atoms with E-state index in [1.807, 2.05) is 0 Å². The number of carbonyl (C=O) groups excluding carboxylic acids is 1. The largest absolute Gasteiger partial charge is 0.492 e. The van der Waals surface area contributed by atoms with E-state index in [1.54, 1.807) is 30.3 Å². The number of anilines is 1. The Bertz CT molecular complexity index is 1210. The van der Waals surface area contributed by atoms with Crippen molar-refractivity contribution in [2.75, 3.05) is 36.8 Å². The first-order valence-electron chi connectivity index (χ1n) is 10.8. The first-order chi connectivity index (χ1) is 16.0. The Hall–Kier alpha value is -2.34. The van der Waals surface area contributed by atoms with Crippen molar-refractivity contribution in [3.8, 4) is 5.75 Å². The summed E-state index contributed by atoms with van der Waals surface area (Å²) in [5, 5.41) is 3.01. The predicted octanol–water partition coefficient (Wildman–Crippen LogP) is 2.47. The Labute approximate surface area is 205 Å². The highest BCUT2D eigenvalue weighted by Gasteiger charge is 2.29. The molecule has 2 aromatic rings.